The molecule has 0 aliphatic carbocycles. The van der Waals surface area contributed by atoms with Gasteiger partial charge in [0.25, 0.3) is 0 Å². The van der Waals surface area contributed by atoms with Crippen molar-refractivity contribution in [3.63, 3.8) is 0 Å². The van der Waals surface area contributed by atoms with Crippen LogP contribution in [0, 0.1) is 0 Å². The van der Waals surface area contributed by atoms with Gasteiger partial charge in [0.1, 0.15) is 0 Å². The Morgan fingerprint density at radius 3 is 2.89 bits per heavy atom. The predicted octanol–water partition coefficient (Wildman–Crippen LogP) is 0.744. The van der Waals surface area contributed by atoms with E-state index in [0.717, 1.165) is 45.0 Å². The molecule has 1 rings (SSSR count). The van der Waals surface area contributed by atoms with Crippen LogP contribution in [0.4, 0.5) is 0 Å². The first kappa shape index (κ1) is 16.1. The molecule has 1 aromatic heterocycles. The molecule has 0 bridgehead atoms. The molecule has 6 nitrogen and oxygen atoms in total. The summed E-state index contributed by atoms with van der Waals surface area (Å²) in [5.41, 5.74) is 0.993. The van der Waals surface area contributed by atoms with Crippen molar-refractivity contribution < 1.29 is 4.74 Å². The van der Waals surface area contributed by atoms with Gasteiger partial charge in [-0.3, -0.25) is 4.68 Å². The van der Waals surface area contributed by atoms with E-state index in [2.05, 4.69) is 48.3 Å². The molecule has 0 radical (unpaired) electrons. The van der Waals surface area contributed by atoms with Gasteiger partial charge in [-0.2, -0.15) is 0 Å². The van der Waals surface area contributed by atoms with Crippen LogP contribution in [0.15, 0.2) is 6.20 Å². The Labute approximate surface area is 116 Å². The zero-order valence-electron chi connectivity index (χ0n) is 12.6. The van der Waals surface area contributed by atoms with Crippen molar-refractivity contribution >= 4 is 0 Å². The van der Waals surface area contributed by atoms with Crippen molar-refractivity contribution in [2.75, 3.05) is 33.3 Å². The zero-order chi connectivity index (χ0) is 14.1. The highest BCUT2D eigenvalue weighted by Crippen LogP contribution is 1.94. The largest absolute Gasteiger partial charge is 0.377 e. The highest BCUT2D eigenvalue weighted by Gasteiger charge is 2.03. The molecule has 1 heterocycles. The van der Waals surface area contributed by atoms with Gasteiger partial charge in [0, 0.05) is 25.8 Å². The second-order valence-electron chi connectivity index (χ2n) is 4.98. The average Bonchev–Trinajstić information content (AvgIpc) is 2.81. The lowest BCUT2D eigenvalue weighted by molar-refractivity contribution is 0.0631. The highest BCUT2D eigenvalue weighted by atomic mass is 16.5. The number of likely N-dealkylation sites (N-methyl/N-ethyl adjacent to an activating group) is 1. The summed E-state index contributed by atoms with van der Waals surface area (Å²) >= 11 is 0. The van der Waals surface area contributed by atoms with Gasteiger partial charge in [0.05, 0.1) is 24.9 Å². The number of nitrogens with one attached hydrogen (secondary N) is 1. The Bertz CT molecular complexity index is 340. The Morgan fingerprint density at radius 2 is 2.21 bits per heavy atom. The lowest BCUT2D eigenvalue weighted by atomic mass is 10.4. The Balaban J connectivity index is 2.18. The first-order valence-electron chi connectivity index (χ1n) is 7.01. The maximum atomic E-state index is 5.53. The van der Waals surface area contributed by atoms with E-state index in [1.807, 2.05) is 10.9 Å². The van der Waals surface area contributed by atoms with Crippen LogP contribution in [-0.4, -0.2) is 59.3 Å². The highest BCUT2D eigenvalue weighted by molar-refractivity contribution is 4.91. The minimum absolute atomic E-state index is 0.303. The van der Waals surface area contributed by atoms with Crippen molar-refractivity contribution in [2.45, 2.75) is 40.0 Å². The van der Waals surface area contributed by atoms with Crippen molar-refractivity contribution in [3.8, 4) is 0 Å². The molecule has 110 valence electrons. The monoisotopic (exact) mass is 269 g/mol. The van der Waals surface area contributed by atoms with Gasteiger partial charge in [0.15, 0.2) is 0 Å². The molecular formula is C13H27N5O. The molecule has 19 heavy (non-hydrogen) atoms. The van der Waals surface area contributed by atoms with E-state index in [9.17, 15) is 0 Å². The standard InChI is InChI=1S/C13H27N5O/c1-5-14-10-13-11-18(16-15-13)7-6-17(4)8-9-19-12(2)3/h11-12,14H,5-10H2,1-4H3. The molecule has 0 aliphatic rings. The van der Waals surface area contributed by atoms with Gasteiger partial charge in [-0.1, -0.05) is 12.1 Å². The number of hydrogen-bond acceptors (Lipinski definition) is 5. The maximum absolute atomic E-state index is 5.53. The van der Waals surface area contributed by atoms with Gasteiger partial charge in [0.2, 0.25) is 0 Å². The van der Waals surface area contributed by atoms with Crippen LogP contribution in [0.25, 0.3) is 0 Å². The molecular weight excluding hydrogens is 242 g/mol. The molecule has 6 heteroatoms. The van der Waals surface area contributed by atoms with Crippen LogP contribution in [0.2, 0.25) is 0 Å². The molecule has 0 aromatic carbocycles. The predicted molar refractivity (Wildman–Crippen MR) is 76.0 cm³/mol. The SMILES string of the molecule is CCNCc1cn(CCN(C)CCOC(C)C)nn1. The Kier molecular flexibility index (Phi) is 7.62. The fourth-order valence-corrected chi connectivity index (χ4v) is 1.61. The molecule has 0 atom stereocenters. The topological polar surface area (TPSA) is 55.2 Å². The van der Waals surface area contributed by atoms with Gasteiger partial charge < -0.3 is 15.0 Å². The Hall–Kier alpha value is -0.980. The van der Waals surface area contributed by atoms with Crippen LogP contribution in [0.5, 0.6) is 0 Å². The number of hydrogen-bond donors (Lipinski definition) is 1. The summed E-state index contributed by atoms with van der Waals surface area (Å²) in [6, 6.07) is 0. The third-order valence-corrected chi connectivity index (χ3v) is 2.78. The van der Waals surface area contributed by atoms with Gasteiger partial charge in [-0.25, -0.2) is 0 Å². The van der Waals surface area contributed by atoms with E-state index < -0.39 is 0 Å². The van der Waals surface area contributed by atoms with Crippen LogP contribution in [0.1, 0.15) is 26.5 Å². The summed E-state index contributed by atoms with van der Waals surface area (Å²) in [7, 11) is 2.10. The fraction of sp³-hybridized carbons (Fsp3) is 0.846. The number of aromatic nitrogens is 3. The summed E-state index contributed by atoms with van der Waals surface area (Å²) in [4.78, 5) is 2.24. The molecule has 1 aromatic rings. The number of ether oxygens (including phenoxy) is 1. The normalized spacial score (nSPS) is 11.7. The maximum Gasteiger partial charge on any atom is 0.0964 e. The van der Waals surface area contributed by atoms with Gasteiger partial charge in [-0.05, 0) is 27.4 Å². The molecule has 0 unspecified atom stereocenters. The van der Waals surface area contributed by atoms with Crippen LogP contribution in [0.3, 0.4) is 0 Å². The quantitative estimate of drug-likeness (QED) is 0.679. The Morgan fingerprint density at radius 1 is 1.42 bits per heavy atom. The van der Waals surface area contributed by atoms with Crippen molar-refractivity contribution in [3.05, 3.63) is 11.9 Å². The second-order valence-corrected chi connectivity index (χ2v) is 4.98. The first-order chi connectivity index (χ1) is 9.11. The lowest BCUT2D eigenvalue weighted by Gasteiger charge is -2.17. The van der Waals surface area contributed by atoms with E-state index >= 15 is 0 Å². The minimum atomic E-state index is 0.303. The molecule has 0 amide bonds. The van der Waals surface area contributed by atoms with Gasteiger partial charge >= 0.3 is 0 Å². The van der Waals surface area contributed by atoms with Crippen LogP contribution in [-0.2, 0) is 17.8 Å². The molecule has 0 aliphatic heterocycles. The minimum Gasteiger partial charge on any atom is -0.377 e. The van der Waals surface area contributed by atoms with E-state index in [1.54, 1.807) is 0 Å². The number of nitrogens with zero attached hydrogens (tertiary/aromatic N) is 4. The first-order valence-corrected chi connectivity index (χ1v) is 7.01. The van der Waals surface area contributed by atoms with E-state index in [0.29, 0.717) is 6.10 Å². The second kappa shape index (κ2) is 9.01. The number of rotatable bonds is 10. The summed E-state index contributed by atoms with van der Waals surface area (Å²) in [5.74, 6) is 0. The molecule has 0 saturated heterocycles. The summed E-state index contributed by atoms with van der Waals surface area (Å²) in [5, 5.41) is 11.5. The molecule has 0 fully saturated rings. The van der Waals surface area contributed by atoms with Crippen LogP contribution >= 0.6 is 0 Å². The molecule has 0 spiro atoms. The van der Waals surface area contributed by atoms with Crippen molar-refractivity contribution in [1.29, 1.82) is 0 Å². The smallest absolute Gasteiger partial charge is 0.0964 e. The summed E-state index contributed by atoms with van der Waals surface area (Å²) in [6.45, 7) is 11.5. The zero-order valence-corrected chi connectivity index (χ0v) is 12.6. The average molecular weight is 269 g/mol. The third-order valence-electron chi connectivity index (χ3n) is 2.78. The van der Waals surface area contributed by atoms with Crippen LogP contribution < -0.4 is 5.32 Å². The van der Waals surface area contributed by atoms with Crippen molar-refractivity contribution in [2.24, 2.45) is 0 Å². The summed E-state index contributed by atoms with van der Waals surface area (Å²) in [6.07, 6.45) is 2.30. The van der Waals surface area contributed by atoms with Crippen molar-refractivity contribution in [1.82, 2.24) is 25.2 Å². The lowest BCUT2D eigenvalue weighted by Crippen LogP contribution is -2.28. The molecule has 1 N–H and O–H groups in total. The molecule has 0 saturated carbocycles. The van der Waals surface area contributed by atoms with E-state index in [4.69, 9.17) is 4.74 Å². The third kappa shape index (κ3) is 7.25. The fourth-order valence-electron chi connectivity index (χ4n) is 1.61. The van der Waals surface area contributed by atoms with E-state index in [-0.39, 0.29) is 0 Å². The van der Waals surface area contributed by atoms with E-state index in [1.165, 1.54) is 0 Å². The summed E-state index contributed by atoms with van der Waals surface area (Å²) < 4.78 is 7.42. The van der Waals surface area contributed by atoms with Gasteiger partial charge in [-0.15, -0.1) is 5.10 Å².